The maximum absolute atomic E-state index is 13.4. The molecule has 0 aliphatic heterocycles. The molecule has 5 heteroatoms. The van der Waals surface area contributed by atoms with Gasteiger partial charge in [0.1, 0.15) is 11.9 Å². The van der Waals surface area contributed by atoms with E-state index in [-0.39, 0.29) is 34.8 Å². The first-order valence-corrected chi connectivity index (χ1v) is 12.9. The van der Waals surface area contributed by atoms with Crippen molar-refractivity contribution >= 4 is 17.7 Å². The molecule has 0 spiro atoms. The lowest BCUT2D eigenvalue weighted by Crippen LogP contribution is -2.57. The van der Waals surface area contributed by atoms with Gasteiger partial charge >= 0.3 is 11.9 Å². The Kier molecular flexibility index (Phi) is 6.50. The summed E-state index contributed by atoms with van der Waals surface area (Å²) < 4.78 is 10.4. The predicted molar refractivity (Wildman–Crippen MR) is 122 cm³/mol. The van der Waals surface area contributed by atoms with Crippen LogP contribution in [0.15, 0.2) is 0 Å². The molecule has 4 fully saturated rings. The highest BCUT2D eigenvalue weighted by atomic mass is 16.5. The summed E-state index contributed by atoms with van der Waals surface area (Å²) in [5.74, 6) is 2.95. The van der Waals surface area contributed by atoms with Crippen molar-refractivity contribution < 1.29 is 23.9 Å². The zero-order valence-corrected chi connectivity index (χ0v) is 20.7. The number of carbonyl (C=O) groups excluding carboxylic acids is 3. The molecular formula is C27H42O5. The van der Waals surface area contributed by atoms with Crippen LogP contribution in [0.4, 0.5) is 0 Å². The number of ketones is 1. The molecular weight excluding hydrogens is 404 g/mol. The molecule has 0 amide bonds. The highest BCUT2D eigenvalue weighted by molar-refractivity contribution is 5.83. The third kappa shape index (κ3) is 3.92. The molecule has 3 unspecified atom stereocenters. The van der Waals surface area contributed by atoms with E-state index in [1.165, 1.54) is 39.7 Å². The van der Waals surface area contributed by atoms with Gasteiger partial charge in [0, 0.05) is 25.7 Å². The number of esters is 2. The monoisotopic (exact) mass is 446 g/mol. The normalized spacial score (nSPS) is 44.1. The number of carbonyl (C=O) groups is 3. The maximum Gasteiger partial charge on any atom is 0.305 e. The Morgan fingerprint density at radius 3 is 2.44 bits per heavy atom. The van der Waals surface area contributed by atoms with Gasteiger partial charge in [0.05, 0.1) is 7.11 Å². The number of Topliss-reactive ketones (excluding diaryl/α,β-unsaturated/α-hetero) is 1. The number of methoxy groups -OCH3 is 1. The highest BCUT2D eigenvalue weighted by Gasteiger charge is 2.62. The van der Waals surface area contributed by atoms with Gasteiger partial charge in [0.15, 0.2) is 0 Å². The lowest BCUT2D eigenvalue weighted by molar-refractivity contribution is -0.169. The van der Waals surface area contributed by atoms with Gasteiger partial charge in [-0.25, -0.2) is 0 Å². The molecule has 0 heterocycles. The fourth-order valence-electron chi connectivity index (χ4n) is 8.97. The highest BCUT2D eigenvalue weighted by Crippen LogP contribution is 2.67. The average molecular weight is 447 g/mol. The van der Waals surface area contributed by atoms with Gasteiger partial charge in [0.25, 0.3) is 0 Å². The zero-order valence-electron chi connectivity index (χ0n) is 20.7. The van der Waals surface area contributed by atoms with E-state index < -0.39 is 0 Å². The van der Waals surface area contributed by atoms with E-state index in [0.29, 0.717) is 54.6 Å². The second-order valence-corrected chi connectivity index (χ2v) is 11.9. The van der Waals surface area contributed by atoms with Crippen molar-refractivity contribution in [3.8, 4) is 0 Å². The molecule has 0 aromatic rings. The van der Waals surface area contributed by atoms with Crippen LogP contribution in [-0.4, -0.2) is 30.9 Å². The van der Waals surface area contributed by atoms with Gasteiger partial charge < -0.3 is 9.47 Å². The molecule has 180 valence electrons. The quantitative estimate of drug-likeness (QED) is 0.533. The first-order chi connectivity index (χ1) is 15.1. The molecule has 32 heavy (non-hydrogen) atoms. The molecule has 0 N–H and O–H groups in total. The molecule has 4 rings (SSSR count). The Balaban J connectivity index is 1.50. The van der Waals surface area contributed by atoms with Crippen LogP contribution in [-0.2, 0) is 23.9 Å². The number of fused-ring (bicyclic) bond motifs is 5. The van der Waals surface area contributed by atoms with Crippen LogP contribution in [0.5, 0.6) is 0 Å². The summed E-state index contributed by atoms with van der Waals surface area (Å²) >= 11 is 0. The van der Waals surface area contributed by atoms with Crippen LogP contribution in [0.1, 0.15) is 91.9 Å². The first kappa shape index (κ1) is 23.8. The third-order valence-corrected chi connectivity index (χ3v) is 10.5. The fourth-order valence-corrected chi connectivity index (χ4v) is 8.97. The minimum atomic E-state index is -0.230. The Morgan fingerprint density at radius 2 is 1.75 bits per heavy atom. The summed E-state index contributed by atoms with van der Waals surface area (Å²) in [6.45, 7) is 8.63. The molecule has 0 aromatic heterocycles. The van der Waals surface area contributed by atoms with Gasteiger partial charge in [-0.05, 0) is 91.8 Å². The van der Waals surface area contributed by atoms with Crippen molar-refractivity contribution in [3.63, 3.8) is 0 Å². The lowest BCUT2D eigenvalue weighted by atomic mass is 9.44. The maximum atomic E-state index is 13.4. The predicted octanol–water partition coefficient (Wildman–Crippen LogP) is 5.35. The van der Waals surface area contributed by atoms with E-state index >= 15 is 0 Å². The third-order valence-electron chi connectivity index (χ3n) is 10.5. The van der Waals surface area contributed by atoms with Crippen molar-refractivity contribution in [1.82, 2.24) is 0 Å². The molecule has 0 bridgehead atoms. The van der Waals surface area contributed by atoms with Crippen LogP contribution in [0.3, 0.4) is 0 Å². The summed E-state index contributed by atoms with van der Waals surface area (Å²) in [6, 6.07) is 0. The second kappa shape index (κ2) is 8.76. The van der Waals surface area contributed by atoms with Gasteiger partial charge in [-0.2, -0.15) is 0 Å². The molecule has 9 atom stereocenters. The Hall–Kier alpha value is -1.39. The SMILES string of the molecule is COC(=O)CC[C@@H](C)[C@H]1CCC2C3CC(=O)[C@H]4C[C@@H](OC(C)=O)CC[C@]4(C)C3CC[C@@]21C. The summed E-state index contributed by atoms with van der Waals surface area (Å²) in [5, 5.41) is 0. The van der Waals surface area contributed by atoms with Crippen LogP contribution in [0.25, 0.3) is 0 Å². The molecule has 5 nitrogen and oxygen atoms in total. The first-order valence-electron chi connectivity index (χ1n) is 12.9. The van der Waals surface area contributed by atoms with Crippen molar-refractivity contribution in [2.75, 3.05) is 7.11 Å². The zero-order chi connectivity index (χ0) is 23.3. The molecule has 4 saturated carbocycles. The summed E-state index contributed by atoms with van der Waals surface area (Å²) in [5.41, 5.74) is 0.321. The summed E-state index contributed by atoms with van der Waals surface area (Å²) in [4.78, 5) is 36.6. The van der Waals surface area contributed by atoms with Crippen molar-refractivity contribution in [2.45, 2.75) is 98.0 Å². The van der Waals surface area contributed by atoms with E-state index in [2.05, 4.69) is 20.8 Å². The number of ether oxygens (including phenoxy) is 2. The molecule has 0 aromatic carbocycles. The Bertz CT molecular complexity index is 761. The fraction of sp³-hybridized carbons (Fsp3) is 0.889. The van der Waals surface area contributed by atoms with Gasteiger partial charge in [-0.1, -0.05) is 20.8 Å². The van der Waals surface area contributed by atoms with Gasteiger partial charge in [-0.3, -0.25) is 14.4 Å². The molecule has 4 aliphatic carbocycles. The minimum Gasteiger partial charge on any atom is -0.469 e. The topological polar surface area (TPSA) is 69.7 Å². The van der Waals surface area contributed by atoms with E-state index in [1.807, 2.05) is 0 Å². The minimum absolute atomic E-state index is 0.0439. The number of hydrogen-bond donors (Lipinski definition) is 0. The van der Waals surface area contributed by atoms with Gasteiger partial charge in [0.2, 0.25) is 0 Å². The van der Waals surface area contributed by atoms with Crippen LogP contribution in [0.2, 0.25) is 0 Å². The van der Waals surface area contributed by atoms with Gasteiger partial charge in [-0.15, -0.1) is 0 Å². The van der Waals surface area contributed by atoms with E-state index in [9.17, 15) is 14.4 Å². The van der Waals surface area contributed by atoms with Crippen LogP contribution >= 0.6 is 0 Å². The number of rotatable bonds is 5. The molecule has 4 aliphatic rings. The second-order valence-electron chi connectivity index (χ2n) is 11.9. The smallest absolute Gasteiger partial charge is 0.305 e. The average Bonchev–Trinajstić information content (AvgIpc) is 3.10. The Labute approximate surface area is 193 Å². The summed E-state index contributed by atoms with van der Waals surface area (Å²) in [7, 11) is 1.47. The largest absolute Gasteiger partial charge is 0.469 e. The number of hydrogen-bond acceptors (Lipinski definition) is 5. The van der Waals surface area contributed by atoms with Crippen molar-refractivity contribution in [2.24, 2.45) is 46.3 Å². The molecule has 0 saturated heterocycles. The van der Waals surface area contributed by atoms with E-state index in [0.717, 1.165) is 19.3 Å². The Morgan fingerprint density at radius 1 is 1.06 bits per heavy atom. The van der Waals surface area contributed by atoms with Crippen LogP contribution < -0.4 is 0 Å². The van der Waals surface area contributed by atoms with E-state index in [4.69, 9.17) is 9.47 Å². The standard InChI is InChI=1S/C27H42O5/c1-16(6-9-25(30)31-5)20-7-8-21-19-15-24(29)23-14-18(32-17(2)28)10-12-27(23,4)22(19)11-13-26(20,21)3/h16,18-23H,6-15H2,1-5H3/t16-,18+,19?,20-,21?,22?,23-,26-,27-/m1/s1. The lowest BCUT2D eigenvalue weighted by Gasteiger charge is -2.60. The van der Waals surface area contributed by atoms with Crippen molar-refractivity contribution in [1.29, 1.82) is 0 Å². The van der Waals surface area contributed by atoms with E-state index in [1.54, 1.807) is 0 Å². The van der Waals surface area contributed by atoms with Crippen molar-refractivity contribution in [3.05, 3.63) is 0 Å². The summed E-state index contributed by atoms with van der Waals surface area (Å²) in [6.07, 6.45) is 9.48. The van der Waals surface area contributed by atoms with Crippen LogP contribution in [0, 0.1) is 46.3 Å². The molecule has 0 radical (unpaired) electrons.